The second kappa shape index (κ2) is 5.31. The molecule has 1 saturated heterocycles. The van der Waals surface area contributed by atoms with E-state index in [1.165, 1.54) is 5.56 Å². The van der Waals surface area contributed by atoms with E-state index in [1.54, 1.807) is 6.92 Å². The average Bonchev–Trinajstić information content (AvgIpc) is 2.89. The lowest BCUT2D eigenvalue weighted by molar-refractivity contribution is -0.136. The fraction of sp³-hybridized carbons (Fsp3) is 0.438. The summed E-state index contributed by atoms with van der Waals surface area (Å²) in [4.78, 5) is 14.0. The zero-order chi connectivity index (χ0) is 14.9. The van der Waals surface area contributed by atoms with Crippen LogP contribution in [0.25, 0.3) is 0 Å². The first kappa shape index (κ1) is 13.8. The Morgan fingerprint density at radius 1 is 1.29 bits per heavy atom. The zero-order valence-electron chi connectivity index (χ0n) is 12.4. The minimum absolute atomic E-state index is 0.0236. The Balaban J connectivity index is 1.80. The fourth-order valence-corrected chi connectivity index (χ4v) is 2.91. The molecule has 0 N–H and O–H groups in total. The van der Waals surface area contributed by atoms with Crippen molar-refractivity contribution in [2.24, 2.45) is 0 Å². The van der Waals surface area contributed by atoms with E-state index in [0.717, 1.165) is 6.42 Å². The van der Waals surface area contributed by atoms with Crippen molar-refractivity contribution in [2.45, 2.75) is 38.6 Å². The molecule has 1 aromatic heterocycles. The molecule has 1 aliphatic rings. The van der Waals surface area contributed by atoms with Gasteiger partial charge in [-0.2, -0.15) is 0 Å². The summed E-state index contributed by atoms with van der Waals surface area (Å²) in [6, 6.07) is 10.4. The number of amides is 1. The number of carbonyl (C=O) groups is 1. The van der Waals surface area contributed by atoms with Crippen molar-refractivity contribution in [3.63, 3.8) is 0 Å². The van der Waals surface area contributed by atoms with Gasteiger partial charge in [-0.1, -0.05) is 37.3 Å². The molecule has 1 fully saturated rings. The van der Waals surface area contributed by atoms with E-state index in [1.807, 2.05) is 23.1 Å². The first-order chi connectivity index (χ1) is 10.1. The molecule has 1 atom stereocenters. The normalized spacial score (nSPS) is 22.6. The molecule has 0 bridgehead atoms. The lowest BCUT2D eigenvalue weighted by Crippen LogP contribution is -2.47. The van der Waals surface area contributed by atoms with Gasteiger partial charge in [-0.3, -0.25) is 4.79 Å². The summed E-state index contributed by atoms with van der Waals surface area (Å²) in [5, 5.41) is 7.80. The van der Waals surface area contributed by atoms with Crippen molar-refractivity contribution in [2.75, 3.05) is 6.54 Å². The summed E-state index contributed by atoms with van der Waals surface area (Å²) < 4.78 is 5.39. The molecule has 0 aliphatic carbocycles. The van der Waals surface area contributed by atoms with E-state index < -0.39 is 0 Å². The monoisotopic (exact) mass is 285 g/mol. The Bertz CT molecular complexity index is 638. The van der Waals surface area contributed by atoms with E-state index in [9.17, 15) is 4.79 Å². The van der Waals surface area contributed by atoms with E-state index in [0.29, 0.717) is 31.3 Å². The largest absolute Gasteiger partial charge is 0.424 e. The van der Waals surface area contributed by atoms with Crippen molar-refractivity contribution in [1.82, 2.24) is 15.1 Å². The van der Waals surface area contributed by atoms with Crippen molar-refractivity contribution in [3.05, 3.63) is 47.7 Å². The van der Waals surface area contributed by atoms with Crippen LogP contribution in [0.4, 0.5) is 0 Å². The Labute approximate surface area is 124 Å². The molecule has 1 aromatic carbocycles. The summed E-state index contributed by atoms with van der Waals surface area (Å²) >= 11 is 0. The Hall–Kier alpha value is -2.17. The summed E-state index contributed by atoms with van der Waals surface area (Å²) in [5.41, 5.74) is 1.24. The summed E-state index contributed by atoms with van der Waals surface area (Å²) in [5.74, 6) is 1.18. The number of carbonyl (C=O) groups excluding carboxylic acids is 1. The van der Waals surface area contributed by atoms with Crippen molar-refractivity contribution in [3.8, 4) is 0 Å². The van der Waals surface area contributed by atoms with Gasteiger partial charge in [0.25, 0.3) is 0 Å². The molecule has 110 valence electrons. The minimum atomic E-state index is -0.0236. The number of hydrogen-bond acceptors (Lipinski definition) is 4. The standard InChI is InChI=1S/C16H19N3O2/c1-12-17-18-14(21-12)10-19-11-16(2,9-8-15(19)20)13-6-4-3-5-7-13/h3-7H,8-11H2,1-2H3/t16-/m0/s1. The van der Waals surface area contributed by atoms with E-state index in [-0.39, 0.29) is 11.3 Å². The Kier molecular flexibility index (Phi) is 3.49. The predicted molar refractivity (Wildman–Crippen MR) is 77.5 cm³/mol. The highest BCUT2D eigenvalue weighted by molar-refractivity contribution is 5.77. The van der Waals surface area contributed by atoms with Crippen LogP contribution >= 0.6 is 0 Å². The van der Waals surface area contributed by atoms with Crippen LogP contribution in [0.5, 0.6) is 0 Å². The second-order valence-electron chi connectivity index (χ2n) is 5.89. The van der Waals surface area contributed by atoms with Crippen LogP contribution in [-0.2, 0) is 16.8 Å². The van der Waals surface area contributed by atoms with Crippen LogP contribution < -0.4 is 0 Å². The van der Waals surface area contributed by atoms with Gasteiger partial charge in [-0.05, 0) is 12.0 Å². The van der Waals surface area contributed by atoms with Gasteiger partial charge in [0.2, 0.25) is 17.7 Å². The van der Waals surface area contributed by atoms with Crippen molar-refractivity contribution < 1.29 is 9.21 Å². The molecule has 0 unspecified atom stereocenters. The smallest absolute Gasteiger partial charge is 0.235 e. The van der Waals surface area contributed by atoms with Gasteiger partial charge < -0.3 is 9.32 Å². The molecule has 5 nitrogen and oxygen atoms in total. The SMILES string of the molecule is Cc1nnc(CN2C[C@@](C)(c3ccccc3)CCC2=O)o1. The number of likely N-dealkylation sites (tertiary alicyclic amines) is 1. The van der Waals surface area contributed by atoms with Gasteiger partial charge >= 0.3 is 0 Å². The first-order valence-corrected chi connectivity index (χ1v) is 7.19. The number of hydrogen-bond donors (Lipinski definition) is 0. The lowest BCUT2D eigenvalue weighted by atomic mass is 9.76. The van der Waals surface area contributed by atoms with Crippen molar-refractivity contribution >= 4 is 5.91 Å². The van der Waals surface area contributed by atoms with Crippen LogP contribution in [0.15, 0.2) is 34.7 Å². The first-order valence-electron chi connectivity index (χ1n) is 7.19. The molecule has 3 rings (SSSR count). The average molecular weight is 285 g/mol. The molecule has 1 amide bonds. The van der Waals surface area contributed by atoms with E-state index >= 15 is 0 Å². The summed E-state index contributed by atoms with van der Waals surface area (Å²) in [6.45, 7) is 5.03. The number of piperidine rings is 1. The molecule has 1 aliphatic heterocycles. The van der Waals surface area contributed by atoms with Crippen molar-refractivity contribution in [1.29, 1.82) is 0 Å². The molecular weight excluding hydrogens is 266 g/mol. The maximum atomic E-state index is 12.2. The van der Waals surface area contributed by atoms with E-state index in [4.69, 9.17) is 4.42 Å². The highest BCUT2D eigenvalue weighted by atomic mass is 16.4. The minimum Gasteiger partial charge on any atom is -0.424 e. The molecule has 2 aromatic rings. The number of rotatable bonds is 3. The highest BCUT2D eigenvalue weighted by Crippen LogP contribution is 2.34. The third-order valence-electron chi connectivity index (χ3n) is 4.15. The van der Waals surface area contributed by atoms with E-state index in [2.05, 4.69) is 29.3 Å². The molecule has 21 heavy (non-hydrogen) atoms. The van der Waals surface area contributed by atoms with Crippen LogP contribution in [0, 0.1) is 6.92 Å². The lowest BCUT2D eigenvalue weighted by Gasteiger charge is -2.40. The van der Waals surface area contributed by atoms with Gasteiger partial charge in [-0.15, -0.1) is 10.2 Å². The van der Waals surface area contributed by atoms with Gasteiger partial charge in [-0.25, -0.2) is 0 Å². The Morgan fingerprint density at radius 3 is 2.71 bits per heavy atom. The third kappa shape index (κ3) is 2.82. The number of benzene rings is 1. The highest BCUT2D eigenvalue weighted by Gasteiger charge is 2.36. The predicted octanol–water partition coefficient (Wildman–Crippen LogP) is 2.46. The van der Waals surface area contributed by atoms with Crippen LogP contribution in [0.1, 0.15) is 37.1 Å². The number of nitrogens with zero attached hydrogens (tertiary/aromatic N) is 3. The van der Waals surface area contributed by atoms with Crippen LogP contribution in [0.3, 0.4) is 0 Å². The van der Waals surface area contributed by atoms with Gasteiger partial charge in [0.1, 0.15) is 0 Å². The summed E-state index contributed by atoms with van der Waals surface area (Å²) in [6.07, 6.45) is 1.42. The molecule has 0 radical (unpaired) electrons. The topological polar surface area (TPSA) is 59.2 Å². The number of aryl methyl sites for hydroxylation is 1. The maximum absolute atomic E-state index is 12.2. The second-order valence-corrected chi connectivity index (χ2v) is 5.89. The zero-order valence-corrected chi connectivity index (χ0v) is 12.4. The third-order valence-corrected chi connectivity index (χ3v) is 4.15. The molecular formula is C16H19N3O2. The molecule has 2 heterocycles. The molecule has 5 heteroatoms. The maximum Gasteiger partial charge on any atom is 0.235 e. The van der Waals surface area contributed by atoms with Crippen LogP contribution in [-0.4, -0.2) is 27.5 Å². The molecule has 0 spiro atoms. The quantitative estimate of drug-likeness (QED) is 0.869. The fourth-order valence-electron chi connectivity index (χ4n) is 2.91. The van der Waals surface area contributed by atoms with Gasteiger partial charge in [0, 0.05) is 25.3 Å². The van der Waals surface area contributed by atoms with Gasteiger partial charge in [0.05, 0.1) is 6.54 Å². The summed E-state index contributed by atoms with van der Waals surface area (Å²) in [7, 11) is 0. The van der Waals surface area contributed by atoms with Gasteiger partial charge in [0.15, 0.2) is 0 Å². The Morgan fingerprint density at radius 2 is 2.05 bits per heavy atom. The van der Waals surface area contributed by atoms with Crippen LogP contribution in [0.2, 0.25) is 0 Å². The molecule has 0 saturated carbocycles. The number of aromatic nitrogens is 2.